The predicted octanol–water partition coefficient (Wildman–Crippen LogP) is 2.87. The van der Waals surface area contributed by atoms with E-state index < -0.39 is 0 Å². The zero-order valence-corrected chi connectivity index (χ0v) is 10.7. The second-order valence-electron chi connectivity index (χ2n) is 3.18. The third-order valence-electron chi connectivity index (χ3n) is 2.05. The summed E-state index contributed by atoms with van der Waals surface area (Å²) in [5.74, 6) is 0.715. The van der Waals surface area contributed by atoms with Crippen LogP contribution in [0.15, 0.2) is 24.3 Å². The molecule has 0 radical (unpaired) electrons. The van der Waals surface area contributed by atoms with Crippen LogP contribution in [-0.4, -0.2) is 20.1 Å². The lowest BCUT2D eigenvalue weighted by atomic mass is 10.2. The third-order valence-corrected chi connectivity index (χ3v) is 2.35. The van der Waals surface area contributed by atoms with E-state index in [-0.39, 0.29) is 5.91 Å². The standard InChI is InChI=1S/C12H14ClNO3/c1-4-5-12(15)14-9-7-10(16-2)8(13)6-11(9)17-3/h4-7H,1-3H3,(H,14,15)/b5-4+. The highest BCUT2D eigenvalue weighted by Crippen LogP contribution is 2.35. The molecule has 4 nitrogen and oxygen atoms in total. The van der Waals surface area contributed by atoms with Crippen LogP contribution in [0.4, 0.5) is 5.69 Å². The number of nitrogens with one attached hydrogen (secondary N) is 1. The zero-order chi connectivity index (χ0) is 12.8. The van der Waals surface area contributed by atoms with E-state index in [4.69, 9.17) is 21.1 Å². The lowest BCUT2D eigenvalue weighted by molar-refractivity contribution is -0.111. The van der Waals surface area contributed by atoms with Gasteiger partial charge < -0.3 is 14.8 Å². The number of carbonyl (C=O) groups is 1. The number of anilines is 1. The topological polar surface area (TPSA) is 47.6 Å². The van der Waals surface area contributed by atoms with E-state index in [0.29, 0.717) is 22.2 Å². The molecule has 1 aromatic carbocycles. The molecule has 0 aliphatic heterocycles. The van der Waals surface area contributed by atoms with E-state index in [1.807, 2.05) is 0 Å². The maximum atomic E-state index is 11.4. The summed E-state index contributed by atoms with van der Waals surface area (Å²) in [5.41, 5.74) is 0.511. The van der Waals surface area contributed by atoms with Gasteiger partial charge in [-0.25, -0.2) is 0 Å². The van der Waals surface area contributed by atoms with Crippen LogP contribution < -0.4 is 14.8 Å². The first-order chi connectivity index (χ1) is 8.12. The first kappa shape index (κ1) is 13.4. The van der Waals surface area contributed by atoms with Gasteiger partial charge in [0.05, 0.1) is 24.9 Å². The summed E-state index contributed by atoms with van der Waals surface area (Å²) in [4.78, 5) is 11.4. The van der Waals surface area contributed by atoms with Gasteiger partial charge in [-0.05, 0) is 13.0 Å². The number of halogens is 1. The Bertz CT molecular complexity index is 444. The Morgan fingerprint density at radius 1 is 1.29 bits per heavy atom. The maximum absolute atomic E-state index is 11.4. The Balaban J connectivity index is 3.08. The summed E-state index contributed by atoms with van der Waals surface area (Å²) in [7, 11) is 3.01. The molecule has 0 spiro atoms. The molecule has 0 bridgehead atoms. The van der Waals surface area contributed by atoms with Gasteiger partial charge in [-0.3, -0.25) is 4.79 Å². The van der Waals surface area contributed by atoms with Gasteiger partial charge in [0.2, 0.25) is 5.91 Å². The van der Waals surface area contributed by atoms with Crippen molar-refractivity contribution in [2.45, 2.75) is 6.92 Å². The number of rotatable bonds is 4. The summed E-state index contributed by atoms with van der Waals surface area (Å²) in [6.45, 7) is 1.76. The molecule has 1 aromatic rings. The average Bonchev–Trinajstić information content (AvgIpc) is 2.31. The van der Waals surface area contributed by atoms with Gasteiger partial charge in [0, 0.05) is 12.1 Å². The van der Waals surface area contributed by atoms with Crippen molar-refractivity contribution in [2.75, 3.05) is 19.5 Å². The normalized spacial score (nSPS) is 10.4. The number of ether oxygens (including phenoxy) is 2. The number of methoxy groups -OCH3 is 2. The van der Waals surface area contributed by atoms with Gasteiger partial charge in [-0.2, -0.15) is 0 Å². The number of hydrogen-bond donors (Lipinski definition) is 1. The third kappa shape index (κ3) is 3.39. The van der Waals surface area contributed by atoms with Crippen LogP contribution >= 0.6 is 11.6 Å². The van der Waals surface area contributed by atoms with Gasteiger partial charge in [-0.15, -0.1) is 0 Å². The highest BCUT2D eigenvalue weighted by molar-refractivity contribution is 6.32. The van der Waals surface area contributed by atoms with Gasteiger partial charge in [0.15, 0.2) is 0 Å². The van der Waals surface area contributed by atoms with Crippen molar-refractivity contribution in [3.63, 3.8) is 0 Å². The molecule has 5 heteroatoms. The lowest BCUT2D eigenvalue weighted by Gasteiger charge is -2.12. The number of hydrogen-bond acceptors (Lipinski definition) is 3. The largest absolute Gasteiger partial charge is 0.495 e. The summed E-state index contributed by atoms with van der Waals surface area (Å²) in [6.07, 6.45) is 3.06. The molecular formula is C12H14ClNO3. The summed E-state index contributed by atoms with van der Waals surface area (Å²) < 4.78 is 10.2. The maximum Gasteiger partial charge on any atom is 0.248 e. The van der Waals surface area contributed by atoms with Crippen molar-refractivity contribution in [3.8, 4) is 11.5 Å². The van der Waals surface area contributed by atoms with Crippen LogP contribution in [0.25, 0.3) is 0 Å². The molecule has 0 saturated heterocycles. The molecule has 0 saturated carbocycles. The monoisotopic (exact) mass is 255 g/mol. The van der Waals surface area contributed by atoms with Crippen molar-refractivity contribution in [1.29, 1.82) is 0 Å². The van der Waals surface area contributed by atoms with Crippen molar-refractivity contribution >= 4 is 23.2 Å². The van der Waals surface area contributed by atoms with E-state index >= 15 is 0 Å². The molecule has 0 atom stereocenters. The Kier molecular flexibility index (Phi) is 4.84. The number of benzene rings is 1. The van der Waals surface area contributed by atoms with Crippen LogP contribution in [0, 0.1) is 0 Å². The highest BCUT2D eigenvalue weighted by atomic mass is 35.5. The van der Waals surface area contributed by atoms with E-state index in [1.54, 1.807) is 25.1 Å². The minimum atomic E-state index is -0.241. The fourth-order valence-electron chi connectivity index (χ4n) is 1.28. The number of amides is 1. The second kappa shape index (κ2) is 6.15. The molecule has 0 heterocycles. The smallest absolute Gasteiger partial charge is 0.248 e. The van der Waals surface area contributed by atoms with Crippen molar-refractivity contribution in [1.82, 2.24) is 0 Å². The number of allylic oxidation sites excluding steroid dienone is 1. The minimum Gasteiger partial charge on any atom is -0.495 e. The van der Waals surface area contributed by atoms with E-state index in [0.717, 1.165) is 0 Å². The van der Waals surface area contributed by atoms with Crippen LogP contribution in [0.3, 0.4) is 0 Å². The van der Waals surface area contributed by atoms with E-state index in [2.05, 4.69) is 5.32 Å². The van der Waals surface area contributed by atoms with Crippen molar-refractivity contribution in [2.24, 2.45) is 0 Å². The van der Waals surface area contributed by atoms with E-state index in [9.17, 15) is 4.79 Å². The quantitative estimate of drug-likeness (QED) is 0.842. The Hall–Kier alpha value is -1.68. The van der Waals surface area contributed by atoms with E-state index in [1.165, 1.54) is 20.3 Å². The summed E-state index contributed by atoms with van der Waals surface area (Å²) >= 11 is 5.95. The first-order valence-electron chi connectivity index (χ1n) is 4.97. The lowest BCUT2D eigenvalue weighted by Crippen LogP contribution is -2.09. The molecule has 0 aromatic heterocycles. The number of carbonyl (C=O) groups excluding carboxylic acids is 1. The Labute approximate surface area is 105 Å². The Morgan fingerprint density at radius 2 is 1.94 bits per heavy atom. The summed E-state index contributed by atoms with van der Waals surface area (Å²) in [6, 6.07) is 3.20. The van der Waals surface area contributed by atoms with Crippen LogP contribution in [0.2, 0.25) is 5.02 Å². The SMILES string of the molecule is C/C=C/C(=O)Nc1cc(OC)c(Cl)cc1OC. The van der Waals surface area contributed by atoms with Crippen LogP contribution in [-0.2, 0) is 4.79 Å². The van der Waals surface area contributed by atoms with Gasteiger partial charge in [0.25, 0.3) is 0 Å². The summed E-state index contributed by atoms with van der Waals surface area (Å²) in [5, 5.41) is 3.10. The average molecular weight is 256 g/mol. The highest BCUT2D eigenvalue weighted by Gasteiger charge is 2.11. The van der Waals surface area contributed by atoms with Crippen molar-refractivity contribution in [3.05, 3.63) is 29.3 Å². The molecule has 92 valence electrons. The second-order valence-corrected chi connectivity index (χ2v) is 3.58. The molecule has 0 fully saturated rings. The van der Waals surface area contributed by atoms with Gasteiger partial charge in [-0.1, -0.05) is 17.7 Å². The molecular weight excluding hydrogens is 242 g/mol. The molecule has 0 aliphatic rings. The van der Waals surface area contributed by atoms with Gasteiger partial charge in [0.1, 0.15) is 11.5 Å². The molecule has 1 rings (SSSR count). The van der Waals surface area contributed by atoms with Crippen LogP contribution in [0.1, 0.15) is 6.92 Å². The molecule has 17 heavy (non-hydrogen) atoms. The Morgan fingerprint density at radius 3 is 2.47 bits per heavy atom. The van der Waals surface area contributed by atoms with Gasteiger partial charge >= 0.3 is 0 Å². The fourth-order valence-corrected chi connectivity index (χ4v) is 1.51. The van der Waals surface area contributed by atoms with Crippen molar-refractivity contribution < 1.29 is 14.3 Å². The minimum absolute atomic E-state index is 0.241. The first-order valence-corrected chi connectivity index (χ1v) is 5.35. The molecule has 0 aliphatic carbocycles. The van der Waals surface area contributed by atoms with Crippen LogP contribution in [0.5, 0.6) is 11.5 Å². The fraction of sp³-hybridized carbons (Fsp3) is 0.250. The molecule has 1 N–H and O–H groups in total. The zero-order valence-electron chi connectivity index (χ0n) is 9.91. The predicted molar refractivity (Wildman–Crippen MR) is 68.0 cm³/mol. The molecule has 0 unspecified atom stereocenters. The molecule has 1 amide bonds.